The number of hydrogen-bond donors (Lipinski definition) is 3. The van der Waals surface area contributed by atoms with Gasteiger partial charge in [0.05, 0.1) is 18.3 Å². The van der Waals surface area contributed by atoms with Crippen LogP contribution in [0.15, 0.2) is 0 Å². The van der Waals surface area contributed by atoms with Crippen molar-refractivity contribution < 1.29 is 54.8 Å². The minimum absolute atomic E-state index is 0. The van der Waals surface area contributed by atoms with E-state index in [0.29, 0.717) is 18.3 Å². The Balaban J connectivity index is 0.00000256. The molecule has 0 bridgehead atoms. The van der Waals surface area contributed by atoms with Gasteiger partial charge in [-0.05, 0) is 104 Å². The molecule has 0 amide bonds. The zero-order valence-electron chi connectivity index (χ0n) is 19.2. The average Bonchev–Trinajstić information content (AvgIpc) is 3.01. The van der Waals surface area contributed by atoms with Crippen LogP contribution in [0.3, 0.4) is 0 Å². The predicted octanol–water partition coefficient (Wildman–Crippen LogP) is -0.882. The Morgan fingerprint density at radius 3 is 2.43 bits per heavy atom. The fourth-order valence-corrected chi connectivity index (χ4v) is 8.68. The molecule has 0 aliphatic heterocycles. The van der Waals surface area contributed by atoms with Gasteiger partial charge in [-0.2, -0.15) is 0 Å². The van der Waals surface area contributed by atoms with Crippen LogP contribution >= 0.6 is 0 Å². The van der Waals surface area contributed by atoms with E-state index in [9.17, 15) is 25.2 Å². The SMILES string of the molecule is CC(CCC(=O)[O-])C1CC[C@H]2[C@H]3C(O)C[C@@H]4C[C@H](O)CCC4(C)C3CC(O)C12C.[Na+]. The molecule has 0 saturated heterocycles. The van der Waals surface area contributed by atoms with Crippen LogP contribution in [0, 0.1) is 46.3 Å². The third-order valence-electron chi connectivity index (χ3n) is 10.3. The molecule has 0 aromatic carbocycles. The molecule has 4 aliphatic rings. The van der Waals surface area contributed by atoms with E-state index in [4.69, 9.17) is 0 Å². The first-order valence-corrected chi connectivity index (χ1v) is 11.8. The molecule has 0 aromatic rings. The largest absolute Gasteiger partial charge is 1.00 e. The number of fused-ring (bicyclic) bond motifs is 5. The quantitative estimate of drug-likeness (QED) is 0.503. The molecular weight excluding hydrogens is 391 g/mol. The Hall–Kier alpha value is 0.350. The molecule has 4 saturated carbocycles. The number of hydrogen-bond acceptors (Lipinski definition) is 5. The van der Waals surface area contributed by atoms with Crippen molar-refractivity contribution in [3.8, 4) is 0 Å². The van der Waals surface area contributed by atoms with Crippen LogP contribution in [0.4, 0.5) is 0 Å². The van der Waals surface area contributed by atoms with E-state index in [0.717, 1.165) is 44.9 Å². The van der Waals surface area contributed by atoms with Gasteiger partial charge in [0.25, 0.3) is 0 Å². The number of aliphatic hydroxyl groups is 3. The van der Waals surface area contributed by atoms with Crippen molar-refractivity contribution in [3.63, 3.8) is 0 Å². The molecule has 3 N–H and O–H groups in total. The smallest absolute Gasteiger partial charge is 0.550 e. The molecule has 4 fully saturated rings. The van der Waals surface area contributed by atoms with E-state index in [-0.39, 0.29) is 82.7 Å². The van der Waals surface area contributed by atoms with Gasteiger partial charge in [-0.25, -0.2) is 0 Å². The molecule has 6 heteroatoms. The van der Waals surface area contributed by atoms with Gasteiger partial charge in [-0.3, -0.25) is 0 Å². The summed E-state index contributed by atoms with van der Waals surface area (Å²) in [5.74, 6) is 0.635. The van der Waals surface area contributed by atoms with Gasteiger partial charge >= 0.3 is 29.6 Å². The fourth-order valence-electron chi connectivity index (χ4n) is 8.68. The van der Waals surface area contributed by atoms with Crippen LogP contribution < -0.4 is 34.7 Å². The van der Waals surface area contributed by atoms with Crippen molar-refractivity contribution in [2.75, 3.05) is 0 Å². The van der Waals surface area contributed by atoms with E-state index in [1.165, 1.54) is 0 Å². The van der Waals surface area contributed by atoms with E-state index < -0.39 is 12.1 Å². The third-order valence-corrected chi connectivity index (χ3v) is 10.3. The van der Waals surface area contributed by atoms with Crippen molar-refractivity contribution in [2.45, 2.75) is 96.9 Å². The Bertz CT molecular complexity index is 643. The minimum atomic E-state index is -0.998. The maximum Gasteiger partial charge on any atom is 1.00 e. The first-order chi connectivity index (χ1) is 13.6. The van der Waals surface area contributed by atoms with Crippen LogP contribution in [-0.2, 0) is 4.79 Å². The minimum Gasteiger partial charge on any atom is -0.550 e. The summed E-state index contributed by atoms with van der Waals surface area (Å²) in [4.78, 5) is 11.0. The average molecular weight is 431 g/mol. The molecule has 5 nitrogen and oxygen atoms in total. The van der Waals surface area contributed by atoms with E-state index >= 15 is 0 Å². The van der Waals surface area contributed by atoms with E-state index in [1.54, 1.807) is 0 Å². The zero-order chi connectivity index (χ0) is 21.1. The summed E-state index contributed by atoms with van der Waals surface area (Å²) < 4.78 is 0. The topological polar surface area (TPSA) is 101 Å². The van der Waals surface area contributed by atoms with Gasteiger partial charge in [0.2, 0.25) is 0 Å². The monoisotopic (exact) mass is 430 g/mol. The van der Waals surface area contributed by atoms with Crippen molar-refractivity contribution in [2.24, 2.45) is 46.3 Å². The van der Waals surface area contributed by atoms with Crippen molar-refractivity contribution in [1.82, 2.24) is 0 Å². The Kier molecular flexibility index (Phi) is 7.45. The fraction of sp³-hybridized carbons (Fsp3) is 0.958. The van der Waals surface area contributed by atoms with Crippen LogP contribution in [0.25, 0.3) is 0 Å². The molecule has 0 heterocycles. The third kappa shape index (κ3) is 3.84. The standard InChI is InChI=1S/C24H40O5.Na/c1-13(4-7-21(28)29)16-5-6-17-22-18(12-20(27)24(16,17)3)23(2)9-8-15(25)10-14(23)11-19(22)26;/h13-20,22,25-27H,4-12H2,1-3H3,(H,28,29);/q;+1/p-1/t13?,14-,15+,16?,17-,18?,19?,20?,22+,23?,24?;/m0./s1. The molecule has 0 radical (unpaired) electrons. The van der Waals surface area contributed by atoms with E-state index in [1.807, 2.05) is 0 Å². The van der Waals surface area contributed by atoms with E-state index in [2.05, 4.69) is 20.8 Å². The maximum absolute atomic E-state index is 11.5. The number of carbonyl (C=O) groups is 1. The second-order valence-corrected chi connectivity index (χ2v) is 11.4. The summed E-state index contributed by atoms with van der Waals surface area (Å²) in [5.41, 5.74) is -0.172. The number of aliphatic carboxylic acids is 1. The summed E-state index contributed by atoms with van der Waals surface area (Å²) in [6, 6.07) is 0. The molecule has 166 valence electrons. The van der Waals surface area contributed by atoms with Gasteiger partial charge in [0.1, 0.15) is 0 Å². The van der Waals surface area contributed by atoms with Gasteiger partial charge in [0, 0.05) is 5.97 Å². The predicted molar refractivity (Wildman–Crippen MR) is 107 cm³/mol. The van der Waals surface area contributed by atoms with Gasteiger partial charge in [-0.15, -0.1) is 0 Å². The van der Waals surface area contributed by atoms with Crippen LogP contribution in [-0.4, -0.2) is 39.6 Å². The number of rotatable bonds is 4. The number of aliphatic hydroxyl groups excluding tert-OH is 3. The van der Waals surface area contributed by atoms with Crippen molar-refractivity contribution in [1.29, 1.82) is 0 Å². The van der Waals surface area contributed by atoms with Crippen molar-refractivity contribution >= 4 is 5.97 Å². The molecule has 4 rings (SSSR count). The van der Waals surface area contributed by atoms with Gasteiger partial charge < -0.3 is 25.2 Å². The van der Waals surface area contributed by atoms with Crippen LogP contribution in [0.2, 0.25) is 0 Å². The Morgan fingerprint density at radius 1 is 1.07 bits per heavy atom. The molecular formula is C24H39NaO5. The molecule has 7 unspecified atom stereocenters. The molecule has 0 aromatic heterocycles. The summed E-state index contributed by atoms with van der Waals surface area (Å²) in [6.07, 6.45) is 5.72. The first kappa shape index (κ1) is 25.0. The maximum atomic E-state index is 11.5. The summed E-state index contributed by atoms with van der Waals surface area (Å²) >= 11 is 0. The summed E-state index contributed by atoms with van der Waals surface area (Å²) in [7, 11) is 0. The molecule has 11 atom stereocenters. The summed E-state index contributed by atoms with van der Waals surface area (Å²) in [6.45, 7) is 6.67. The van der Waals surface area contributed by atoms with Crippen LogP contribution in [0.5, 0.6) is 0 Å². The zero-order valence-corrected chi connectivity index (χ0v) is 21.2. The molecule has 0 spiro atoms. The normalized spacial score (nSPS) is 51.1. The number of carboxylic acids is 1. The first-order valence-electron chi connectivity index (χ1n) is 11.8. The molecule has 4 aliphatic carbocycles. The van der Waals surface area contributed by atoms with Crippen molar-refractivity contribution in [3.05, 3.63) is 0 Å². The molecule has 30 heavy (non-hydrogen) atoms. The second kappa shape index (κ2) is 8.95. The Labute approximate surface area is 203 Å². The van der Waals surface area contributed by atoms with Gasteiger partial charge in [0.15, 0.2) is 0 Å². The number of carboxylic acid groups (broad SMARTS) is 1. The summed E-state index contributed by atoms with van der Waals surface area (Å²) in [5, 5.41) is 43.9. The second-order valence-electron chi connectivity index (χ2n) is 11.4. The van der Waals surface area contributed by atoms with Gasteiger partial charge in [-0.1, -0.05) is 20.8 Å². The van der Waals surface area contributed by atoms with Crippen LogP contribution in [0.1, 0.15) is 78.6 Å². The number of carbonyl (C=O) groups excluding carboxylic acids is 1. The Morgan fingerprint density at radius 2 is 1.77 bits per heavy atom.